The van der Waals surface area contributed by atoms with Crippen LogP contribution < -0.4 is 0 Å². The van der Waals surface area contributed by atoms with Crippen molar-refractivity contribution in [1.29, 1.82) is 0 Å². The zero-order chi connectivity index (χ0) is 13.1. The first-order chi connectivity index (χ1) is 8.63. The van der Waals surface area contributed by atoms with Crippen molar-refractivity contribution in [3.05, 3.63) is 35.4 Å². The van der Waals surface area contributed by atoms with Gasteiger partial charge in [-0.3, -0.25) is 0 Å². The SMILES string of the molecule is CCC1OCCC1C(O)Cc1cccc(F)c1F. The molecule has 0 amide bonds. The molecule has 1 aromatic rings. The number of aliphatic hydroxyl groups excluding tert-OH is 1. The number of benzene rings is 1. The Bertz CT molecular complexity index is 409. The van der Waals surface area contributed by atoms with Crippen molar-refractivity contribution < 1.29 is 18.6 Å². The van der Waals surface area contributed by atoms with Gasteiger partial charge in [0.2, 0.25) is 0 Å². The summed E-state index contributed by atoms with van der Waals surface area (Å²) in [6, 6.07) is 4.06. The fourth-order valence-corrected chi connectivity index (χ4v) is 2.61. The minimum atomic E-state index is -0.866. The van der Waals surface area contributed by atoms with Crippen molar-refractivity contribution in [1.82, 2.24) is 0 Å². The number of hydrogen-bond acceptors (Lipinski definition) is 2. The lowest BCUT2D eigenvalue weighted by atomic mass is 9.89. The quantitative estimate of drug-likeness (QED) is 0.897. The Morgan fingerprint density at radius 2 is 2.22 bits per heavy atom. The van der Waals surface area contributed by atoms with Gasteiger partial charge < -0.3 is 9.84 Å². The Hall–Kier alpha value is -1.00. The van der Waals surface area contributed by atoms with Crippen LogP contribution in [0.25, 0.3) is 0 Å². The molecule has 0 aromatic heterocycles. The van der Waals surface area contributed by atoms with E-state index in [9.17, 15) is 13.9 Å². The molecule has 0 radical (unpaired) electrons. The number of hydrogen-bond donors (Lipinski definition) is 1. The second-order valence-electron chi connectivity index (χ2n) is 4.75. The Balaban J connectivity index is 2.06. The van der Waals surface area contributed by atoms with Gasteiger partial charge in [0.15, 0.2) is 11.6 Å². The molecule has 0 saturated carbocycles. The molecule has 1 saturated heterocycles. The summed E-state index contributed by atoms with van der Waals surface area (Å²) in [4.78, 5) is 0. The lowest BCUT2D eigenvalue weighted by molar-refractivity contribution is 0.0314. The molecule has 1 aliphatic rings. The molecule has 0 bridgehead atoms. The van der Waals surface area contributed by atoms with E-state index in [0.717, 1.165) is 18.9 Å². The van der Waals surface area contributed by atoms with E-state index in [2.05, 4.69) is 0 Å². The molecule has 3 unspecified atom stereocenters. The van der Waals surface area contributed by atoms with Crippen LogP contribution in [-0.2, 0) is 11.2 Å². The Morgan fingerprint density at radius 1 is 1.44 bits per heavy atom. The monoisotopic (exact) mass is 256 g/mol. The van der Waals surface area contributed by atoms with Gasteiger partial charge in [-0.05, 0) is 24.5 Å². The van der Waals surface area contributed by atoms with E-state index >= 15 is 0 Å². The summed E-state index contributed by atoms with van der Waals surface area (Å²) in [7, 11) is 0. The van der Waals surface area contributed by atoms with Crippen LogP contribution in [0.5, 0.6) is 0 Å². The highest BCUT2D eigenvalue weighted by Gasteiger charge is 2.33. The normalized spacial score (nSPS) is 25.3. The second kappa shape index (κ2) is 5.76. The van der Waals surface area contributed by atoms with Crippen molar-refractivity contribution in [2.45, 2.75) is 38.4 Å². The zero-order valence-electron chi connectivity index (χ0n) is 10.4. The first-order valence-electron chi connectivity index (χ1n) is 6.36. The molecule has 0 aliphatic carbocycles. The molecular weight excluding hydrogens is 238 g/mol. The summed E-state index contributed by atoms with van der Waals surface area (Å²) in [5.41, 5.74) is 0.226. The molecule has 4 heteroatoms. The fourth-order valence-electron chi connectivity index (χ4n) is 2.61. The van der Waals surface area contributed by atoms with Crippen molar-refractivity contribution in [3.8, 4) is 0 Å². The van der Waals surface area contributed by atoms with Crippen LogP contribution in [-0.4, -0.2) is 23.9 Å². The summed E-state index contributed by atoms with van der Waals surface area (Å²) in [5, 5.41) is 10.2. The molecule has 100 valence electrons. The first kappa shape index (κ1) is 13.4. The van der Waals surface area contributed by atoms with E-state index in [4.69, 9.17) is 4.74 Å². The first-order valence-corrected chi connectivity index (χ1v) is 6.36. The zero-order valence-corrected chi connectivity index (χ0v) is 10.4. The maximum absolute atomic E-state index is 13.5. The number of ether oxygens (including phenoxy) is 1. The molecule has 1 fully saturated rings. The second-order valence-corrected chi connectivity index (χ2v) is 4.75. The Morgan fingerprint density at radius 3 is 2.94 bits per heavy atom. The molecule has 1 aliphatic heterocycles. The number of halogens is 2. The van der Waals surface area contributed by atoms with Crippen LogP contribution in [0.4, 0.5) is 8.78 Å². The minimum absolute atomic E-state index is 0.0117. The summed E-state index contributed by atoms with van der Waals surface area (Å²) >= 11 is 0. The number of aliphatic hydroxyl groups is 1. The summed E-state index contributed by atoms with van der Waals surface area (Å²) in [6.07, 6.45) is 1.07. The average Bonchev–Trinajstić information content (AvgIpc) is 2.83. The van der Waals surface area contributed by atoms with Crippen LogP contribution in [0.2, 0.25) is 0 Å². The van der Waals surface area contributed by atoms with Gasteiger partial charge in [0, 0.05) is 18.9 Å². The third kappa shape index (κ3) is 2.70. The topological polar surface area (TPSA) is 29.5 Å². The lowest BCUT2D eigenvalue weighted by Gasteiger charge is -2.22. The molecule has 0 spiro atoms. The van der Waals surface area contributed by atoms with E-state index in [0.29, 0.717) is 6.61 Å². The van der Waals surface area contributed by atoms with Gasteiger partial charge in [-0.25, -0.2) is 8.78 Å². The molecule has 3 atom stereocenters. The minimum Gasteiger partial charge on any atom is -0.392 e. The van der Waals surface area contributed by atoms with Gasteiger partial charge in [-0.1, -0.05) is 19.1 Å². The van der Waals surface area contributed by atoms with Gasteiger partial charge in [-0.2, -0.15) is 0 Å². The molecule has 18 heavy (non-hydrogen) atoms. The lowest BCUT2D eigenvalue weighted by Crippen LogP contribution is -2.29. The highest BCUT2D eigenvalue weighted by Crippen LogP contribution is 2.28. The van der Waals surface area contributed by atoms with Gasteiger partial charge in [0.05, 0.1) is 12.2 Å². The molecule has 1 heterocycles. The highest BCUT2D eigenvalue weighted by atomic mass is 19.2. The van der Waals surface area contributed by atoms with Crippen LogP contribution in [0.1, 0.15) is 25.3 Å². The maximum atomic E-state index is 13.5. The van der Waals surface area contributed by atoms with E-state index < -0.39 is 17.7 Å². The molecular formula is C14H18F2O2. The van der Waals surface area contributed by atoms with Crippen molar-refractivity contribution in [2.75, 3.05) is 6.61 Å². The molecule has 2 rings (SSSR count). The van der Waals surface area contributed by atoms with Crippen LogP contribution in [0, 0.1) is 17.6 Å². The standard InChI is InChI=1S/C14H18F2O2/c1-2-13-10(6-7-18-13)12(17)8-9-4-3-5-11(15)14(9)16/h3-5,10,12-13,17H,2,6-8H2,1H3. The molecule has 2 nitrogen and oxygen atoms in total. The smallest absolute Gasteiger partial charge is 0.162 e. The summed E-state index contributed by atoms with van der Waals surface area (Å²) in [5.74, 6) is -1.71. The fraction of sp³-hybridized carbons (Fsp3) is 0.571. The predicted octanol–water partition coefficient (Wildman–Crippen LogP) is 2.68. The average molecular weight is 256 g/mol. The predicted molar refractivity (Wildman–Crippen MR) is 64.2 cm³/mol. The van der Waals surface area contributed by atoms with Crippen LogP contribution >= 0.6 is 0 Å². The maximum Gasteiger partial charge on any atom is 0.162 e. The Kier molecular flexibility index (Phi) is 4.30. The molecule has 1 N–H and O–H groups in total. The third-order valence-corrected chi connectivity index (χ3v) is 3.62. The largest absolute Gasteiger partial charge is 0.392 e. The van der Waals surface area contributed by atoms with Gasteiger partial charge in [0.1, 0.15) is 0 Å². The molecule has 1 aromatic carbocycles. The highest BCUT2D eigenvalue weighted by molar-refractivity contribution is 5.20. The van der Waals surface area contributed by atoms with Crippen LogP contribution in [0.3, 0.4) is 0 Å². The van der Waals surface area contributed by atoms with Gasteiger partial charge in [0.25, 0.3) is 0 Å². The van der Waals surface area contributed by atoms with Crippen molar-refractivity contribution in [2.24, 2.45) is 5.92 Å². The van der Waals surface area contributed by atoms with E-state index in [-0.39, 0.29) is 24.0 Å². The van der Waals surface area contributed by atoms with Gasteiger partial charge in [-0.15, -0.1) is 0 Å². The Labute approximate surface area is 106 Å². The number of rotatable bonds is 4. The third-order valence-electron chi connectivity index (χ3n) is 3.62. The van der Waals surface area contributed by atoms with Crippen LogP contribution in [0.15, 0.2) is 18.2 Å². The van der Waals surface area contributed by atoms with Crippen molar-refractivity contribution in [3.63, 3.8) is 0 Å². The van der Waals surface area contributed by atoms with E-state index in [1.165, 1.54) is 12.1 Å². The van der Waals surface area contributed by atoms with E-state index in [1.54, 1.807) is 0 Å². The summed E-state index contributed by atoms with van der Waals surface area (Å²) < 4.78 is 32.1. The summed E-state index contributed by atoms with van der Waals surface area (Å²) in [6.45, 7) is 2.63. The van der Waals surface area contributed by atoms with E-state index in [1.807, 2.05) is 6.92 Å². The van der Waals surface area contributed by atoms with Gasteiger partial charge >= 0.3 is 0 Å². The van der Waals surface area contributed by atoms with Crippen molar-refractivity contribution >= 4 is 0 Å².